The minimum absolute atomic E-state index is 0.0840. The maximum atomic E-state index is 10.7. The summed E-state index contributed by atoms with van der Waals surface area (Å²) < 4.78 is 5.42. The van der Waals surface area contributed by atoms with Crippen LogP contribution in [-0.4, -0.2) is 29.2 Å². The predicted molar refractivity (Wildman–Crippen MR) is 75.9 cm³/mol. The number of hydrogen-bond donors (Lipinski definition) is 1. The fourth-order valence-corrected chi connectivity index (χ4v) is 2.37. The number of aromatic nitrogens is 1. The van der Waals surface area contributed by atoms with E-state index in [9.17, 15) is 10.1 Å². The Balaban J connectivity index is 1.83. The third kappa shape index (κ3) is 2.70. The Morgan fingerprint density at radius 3 is 3.00 bits per heavy atom. The molecule has 2 aromatic rings. The molecule has 1 aliphatic heterocycles. The van der Waals surface area contributed by atoms with Crippen LogP contribution in [0.1, 0.15) is 12.8 Å². The van der Waals surface area contributed by atoms with Crippen molar-refractivity contribution in [1.29, 1.82) is 0 Å². The molecule has 0 spiro atoms. The van der Waals surface area contributed by atoms with Gasteiger partial charge in [0.1, 0.15) is 5.82 Å². The van der Waals surface area contributed by atoms with Gasteiger partial charge in [-0.25, -0.2) is 4.98 Å². The van der Waals surface area contributed by atoms with Crippen LogP contribution in [0.2, 0.25) is 0 Å². The zero-order chi connectivity index (χ0) is 13.9. The first kappa shape index (κ1) is 12.8. The first-order valence-corrected chi connectivity index (χ1v) is 6.62. The molecule has 3 rings (SSSR count). The van der Waals surface area contributed by atoms with Crippen LogP contribution in [0.15, 0.2) is 30.3 Å². The smallest absolute Gasteiger partial charge is 0.270 e. The average Bonchev–Trinajstić information content (AvgIpc) is 2.47. The molecule has 6 nitrogen and oxygen atoms in total. The Morgan fingerprint density at radius 2 is 2.25 bits per heavy atom. The molecule has 0 amide bonds. The molecule has 1 unspecified atom stereocenters. The van der Waals surface area contributed by atoms with E-state index in [1.165, 1.54) is 12.1 Å². The van der Waals surface area contributed by atoms with E-state index >= 15 is 0 Å². The molecule has 0 bridgehead atoms. The van der Waals surface area contributed by atoms with Crippen LogP contribution < -0.4 is 5.32 Å². The maximum Gasteiger partial charge on any atom is 0.270 e. The van der Waals surface area contributed by atoms with Gasteiger partial charge in [-0.2, -0.15) is 0 Å². The number of benzene rings is 1. The van der Waals surface area contributed by atoms with Crippen LogP contribution in [0.5, 0.6) is 0 Å². The Morgan fingerprint density at radius 1 is 1.35 bits per heavy atom. The second kappa shape index (κ2) is 5.42. The number of nitro benzene ring substituents is 1. The van der Waals surface area contributed by atoms with Crippen molar-refractivity contribution >= 4 is 22.4 Å². The molecule has 1 saturated heterocycles. The number of ether oxygens (including phenoxy) is 1. The van der Waals surface area contributed by atoms with Crippen molar-refractivity contribution in [2.45, 2.75) is 18.9 Å². The van der Waals surface area contributed by atoms with Gasteiger partial charge in [-0.15, -0.1) is 0 Å². The van der Waals surface area contributed by atoms with Crippen molar-refractivity contribution in [3.05, 3.63) is 40.4 Å². The first-order valence-electron chi connectivity index (χ1n) is 6.62. The van der Waals surface area contributed by atoms with Gasteiger partial charge in [0, 0.05) is 24.1 Å². The molecule has 2 heterocycles. The van der Waals surface area contributed by atoms with Crippen molar-refractivity contribution in [2.75, 3.05) is 18.5 Å². The van der Waals surface area contributed by atoms with Crippen LogP contribution >= 0.6 is 0 Å². The zero-order valence-corrected chi connectivity index (χ0v) is 10.9. The number of pyridine rings is 1. The summed E-state index contributed by atoms with van der Waals surface area (Å²) in [6.45, 7) is 1.52. The molecule has 6 heteroatoms. The SMILES string of the molecule is O=[N+]([O-])c1ccc2nc(NC3CCCOC3)ccc2c1. The van der Waals surface area contributed by atoms with E-state index in [0.29, 0.717) is 6.61 Å². The second-order valence-electron chi connectivity index (χ2n) is 4.89. The van der Waals surface area contributed by atoms with Gasteiger partial charge in [-0.05, 0) is 31.0 Å². The van der Waals surface area contributed by atoms with E-state index in [1.807, 2.05) is 12.1 Å². The summed E-state index contributed by atoms with van der Waals surface area (Å²) in [4.78, 5) is 14.8. The Hall–Kier alpha value is -2.21. The second-order valence-corrected chi connectivity index (χ2v) is 4.89. The van der Waals surface area contributed by atoms with Crippen LogP contribution in [0.3, 0.4) is 0 Å². The fourth-order valence-electron chi connectivity index (χ4n) is 2.37. The monoisotopic (exact) mass is 273 g/mol. The lowest BCUT2D eigenvalue weighted by Crippen LogP contribution is -2.30. The molecule has 1 aromatic heterocycles. The molecule has 1 N–H and O–H groups in total. The molecule has 1 atom stereocenters. The van der Waals surface area contributed by atoms with Gasteiger partial charge in [0.2, 0.25) is 0 Å². The van der Waals surface area contributed by atoms with Crippen molar-refractivity contribution in [1.82, 2.24) is 4.98 Å². The molecule has 20 heavy (non-hydrogen) atoms. The standard InChI is InChI=1S/C14H15N3O3/c18-17(19)12-4-5-13-10(8-12)3-6-14(16-13)15-11-2-1-7-20-9-11/h3-6,8,11H,1-2,7,9H2,(H,15,16). The molecule has 0 aliphatic carbocycles. The van der Waals surface area contributed by atoms with Crippen LogP contribution in [0.4, 0.5) is 11.5 Å². The highest BCUT2D eigenvalue weighted by molar-refractivity contribution is 5.82. The summed E-state index contributed by atoms with van der Waals surface area (Å²) in [5.74, 6) is 0.779. The van der Waals surface area contributed by atoms with E-state index in [4.69, 9.17) is 4.74 Å². The summed E-state index contributed by atoms with van der Waals surface area (Å²) in [5, 5.41) is 14.8. The van der Waals surface area contributed by atoms with Gasteiger partial charge >= 0.3 is 0 Å². The van der Waals surface area contributed by atoms with Gasteiger partial charge in [0.05, 0.1) is 23.1 Å². The Kier molecular flexibility index (Phi) is 3.47. The predicted octanol–water partition coefficient (Wildman–Crippen LogP) is 2.73. The highest BCUT2D eigenvalue weighted by Gasteiger charge is 2.14. The molecular weight excluding hydrogens is 258 g/mol. The molecule has 0 radical (unpaired) electrons. The average molecular weight is 273 g/mol. The molecule has 1 fully saturated rings. The molecule has 0 saturated carbocycles. The van der Waals surface area contributed by atoms with E-state index in [0.717, 1.165) is 36.2 Å². The molecule has 1 aliphatic rings. The normalized spacial score (nSPS) is 18.9. The van der Waals surface area contributed by atoms with Crippen molar-refractivity contribution < 1.29 is 9.66 Å². The number of nitro groups is 1. The lowest BCUT2D eigenvalue weighted by atomic mass is 10.1. The van der Waals surface area contributed by atoms with E-state index < -0.39 is 4.92 Å². The lowest BCUT2D eigenvalue weighted by Gasteiger charge is -2.23. The Labute approximate surface area is 115 Å². The first-order chi connectivity index (χ1) is 9.72. The highest BCUT2D eigenvalue weighted by atomic mass is 16.6. The Bertz CT molecular complexity index is 639. The zero-order valence-electron chi connectivity index (χ0n) is 10.9. The minimum Gasteiger partial charge on any atom is -0.379 e. The fraction of sp³-hybridized carbons (Fsp3) is 0.357. The van der Waals surface area contributed by atoms with Crippen LogP contribution in [-0.2, 0) is 4.74 Å². The quantitative estimate of drug-likeness (QED) is 0.687. The third-order valence-corrected chi connectivity index (χ3v) is 3.40. The van der Waals surface area contributed by atoms with Crippen LogP contribution in [0.25, 0.3) is 10.9 Å². The highest BCUT2D eigenvalue weighted by Crippen LogP contribution is 2.22. The van der Waals surface area contributed by atoms with Crippen molar-refractivity contribution in [3.8, 4) is 0 Å². The largest absolute Gasteiger partial charge is 0.379 e. The van der Waals surface area contributed by atoms with Crippen molar-refractivity contribution in [2.24, 2.45) is 0 Å². The van der Waals surface area contributed by atoms with Crippen molar-refractivity contribution in [3.63, 3.8) is 0 Å². The number of non-ortho nitro benzene ring substituents is 1. The topological polar surface area (TPSA) is 77.3 Å². The minimum atomic E-state index is -0.398. The summed E-state index contributed by atoms with van der Waals surface area (Å²) in [6, 6.07) is 8.67. The number of hydrogen-bond acceptors (Lipinski definition) is 5. The summed E-state index contributed by atoms with van der Waals surface area (Å²) in [5.41, 5.74) is 0.831. The van der Waals surface area contributed by atoms with Gasteiger partial charge in [0.15, 0.2) is 0 Å². The summed E-state index contributed by atoms with van der Waals surface area (Å²) in [6.07, 6.45) is 2.12. The third-order valence-electron chi connectivity index (χ3n) is 3.40. The summed E-state index contributed by atoms with van der Waals surface area (Å²) in [7, 11) is 0. The number of nitrogens with zero attached hydrogens (tertiary/aromatic N) is 2. The van der Waals surface area contributed by atoms with Crippen LogP contribution in [0, 0.1) is 10.1 Å². The molecular formula is C14H15N3O3. The van der Waals surface area contributed by atoms with Gasteiger partial charge in [0.25, 0.3) is 5.69 Å². The van der Waals surface area contributed by atoms with Gasteiger partial charge in [-0.1, -0.05) is 0 Å². The number of nitrogens with one attached hydrogen (secondary N) is 1. The molecule has 104 valence electrons. The molecule has 1 aromatic carbocycles. The van der Waals surface area contributed by atoms with E-state index in [-0.39, 0.29) is 11.7 Å². The van der Waals surface area contributed by atoms with Gasteiger partial charge in [-0.3, -0.25) is 10.1 Å². The number of anilines is 1. The van der Waals surface area contributed by atoms with E-state index in [2.05, 4.69) is 10.3 Å². The van der Waals surface area contributed by atoms with E-state index in [1.54, 1.807) is 6.07 Å². The number of fused-ring (bicyclic) bond motifs is 1. The van der Waals surface area contributed by atoms with Gasteiger partial charge < -0.3 is 10.1 Å². The lowest BCUT2D eigenvalue weighted by molar-refractivity contribution is -0.384. The summed E-state index contributed by atoms with van der Waals surface area (Å²) >= 11 is 0. The maximum absolute atomic E-state index is 10.7. The number of rotatable bonds is 3.